The molecule has 0 bridgehead atoms. The Kier molecular flexibility index (Phi) is 6.12. The fourth-order valence-electron chi connectivity index (χ4n) is 1.75. The smallest absolute Gasteiger partial charge is 0.0804 e. The van der Waals surface area contributed by atoms with Crippen LogP contribution in [0.15, 0.2) is 30.3 Å². The normalized spacial score (nSPS) is 14.7. The monoisotopic (exact) mass is 221 g/mol. The van der Waals surface area contributed by atoms with Gasteiger partial charge in [-0.1, -0.05) is 43.7 Å². The first-order chi connectivity index (χ1) is 7.74. The molecule has 16 heavy (non-hydrogen) atoms. The number of aliphatic hydroxyl groups is 1. The van der Waals surface area contributed by atoms with E-state index in [1.54, 1.807) is 0 Å². The predicted octanol–water partition coefficient (Wildman–Crippen LogP) is 2.89. The van der Waals surface area contributed by atoms with Crippen molar-refractivity contribution in [2.24, 2.45) is 0 Å². The molecular weight excluding hydrogens is 198 g/mol. The van der Waals surface area contributed by atoms with Gasteiger partial charge in [0, 0.05) is 6.04 Å². The van der Waals surface area contributed by atoms with Crippen molar-refractivity contribution in [3.8, 4) is 0 Å². The quantitative estimate of drug-likeness (QED) is 0.694. The van der Waals surface area contributed by atoms with Crippen LogP contribution in [0.3, 0.4) is 0 Å². The van der Waals surface area contributed by atoms with Crippen molar-refractivity contribution in [1.82, 2.24) is 5.32 Å². The molecule has 0 fully saturated rings. The maximum Gasteiger partial charge on any atom is 0.0804 e. The summed E-state index contributed by atoms with van der Waals surface area (Å²) in [6.45, 7) is 5.35. The number of hydrogen-bond acceptors (Lipinski definition) is 2. The lowest BCUT2D eigenvalue weighted by atomic mass is 10.0. The second-order valence-corrected chi connectivity index (χ2v) is 4.37. The molecule has 1 aromatic rings. The van der Waals surface area contributed by atoms with E-state index in [4.69, 9.17) is 0 Å². The van der Waals surface area contributed by atoms with Gasteiger partial charge in [0.15, 0.2) is 0 Å². The zero-order chi connectivity index (χ0) is 11.8. The summed E-state index contributed by atoms with van der Waals surface area (Å²) < 4.78 is 0. The van der Waals surface area contributed by atoms with Crippen LogP contribution in [-0.4, -0.2) is 17.7 Å². The first-order valence-corrected chi connectivity index (χ1v) is 6.20. The van der Waals surface area contributed by atoms with E-state index in [0.717, 1.165) is 18.5 Å². The first kappa shape index (κ1) is 13.2. The molecule has 0 aliphatic rings. The van der Waals surface area contributed by atoms with E-state index in [1.807, 2.05) is 30.3 Å². The molecule has 2 atom stereocenters. The molecule has 0 radical (unpaired) electrons. The largest absolute Gasteiger partial charge is 0.388 e. The Balaban J connectivity index is 2.31. The summed E-state index contributed by atoms with van der Waals surface area (Å²) in [5.41, 5.74) is 1.01. The van der Waals surface area contributed by atoms with E-state index in [1.165, 1.54) is 12.8 Å². The highest BCUT2D eigenvalue weighted by atomic mass is 16.3. The average Bonchev–Trinajstić information content (AvgIpc) is 2.30. The van der Waals surface area contributed by atoms with Crippen LogP contribution in [0.25, 0.3) is 0 Å². The number of hydrogen-bond donors (Lipinski definition) is 2. The maximum absolute atomic E-state index is 10.0. The Morgan fingerprint density at radius 1 is 1.25 bits per heavy atom. The summed E-state index contributed by atoms with van der Waals surface area (Å²) >= 11 is 0. The molecule has 2 unspecified atom stereocenters. The SMILES string of the molecule is CCCCNC(C)CC(O)c1ccccc1. The van der Waals surface area contributed by atoms with Crippen LogP contribution in [0.2, 0.25) is 0 Å². The Hall–Kier alpha value is -0.860. The molecule has 0 aliphatic carbocycles. The number of aliphatic hydroxyl groups excluding tert-OH is 1. The van der Waals surface area contributed by atoms with Crippen LogP contribution in [0.4, 0.5) is 0 Å². The third-order valence-corrected chi connectivity index (χ3v) is 2.78. The third kappa shape index (κ3) is 4.77. The summed E-state index contributed by atoms with van der Waals surface area (Å²) in [5.74, 6) is 0. The Morgan fingerprint density at radius 3 is 2.56 bits per heavy atom. The number of nitrogens with one attached hydrogen (secondary N) is 1. The Labute approximate surface area is 98.7 Å². The number of unbranched alkanes of at least 4 members (excludes halogenated alkanes) is 1. The third-order valence-electron chi connectivity index (χ3n) is 2.78. The van der Waals surface area contributed by atoms with Crippen LogP contribution >= 0.6 is 0 Å². The molecule has 90 valence electrons. The first-order valence-electron chi connectivity index (χ1n) is 6.20. The summed E-state index contributed by atoms with van der Waals surface area (Å²) in [7, 11) is 0. The van der Waals surface area contributed by atoms with E-state index in [0.29, 0.717) is 6.04 Å². The van der Waals surface area contributed by atoms with Gasteiger partial charge in [0.2, 0.25) is 0 Å². The molecule has 1 rings (SSSR count). The van der Waals surface area contributed by atoms with Crippen molar-refractivity contribution in [2.75, 3.05) is 6.54 Å². The highest BCUT2D eigenvalue weighted by Crippen LogP contribution is 2.17. The molecule has 0 spiro atoms. The minimum absolute atomic E-state index is 0.356. The minimum Gasteiger partial charge on any atom is -0.388 e. The molecule has 1 aromatic carbocycles. The van der Waals surface area contributed by atoms with E-state index >= 15 is 0 Å². The van der Waals surface area contributed by atoms with Gasteiger partial charge < -0.3 is 10.4 Å². The van der Waals surface area contributed by atoms with Crippen molar-refractivity contribution in [3.63, 3.8) is 0 Å². The summed E-state index contributed by atoms with van der Waals surface area (Å²) in [6, 6.07) is 10.2. The van der Waals surface area contributed by atoms with Gasteiger partial charge in [0.1, 0.15) is 0 Å². The zero-order valence-corrected chi connectivity index (χ0v) is 10.3. The van der Waals surface area contributed by atoms with Gasteiger partial charge in [-0.05, 0) is 31.9 Å². The lowest BCUT2D eigenvalue weighted by Crippen LogP contribution is -2.28. The molecular formula is C14H23NO. The molecule has 2 nitrogen and oxygen atoms in total. The van der Waals surface area contributed by atoms with Gasteiger partial charge in [-0.25, -0.2) is 0 Å². The van der Waals surface area contributed by atoms with E-state index in [9.17, 15) is 5.11 Å². The van der Waals surface area contributed by atoms with Crippen molar-refractivity contribution in [3.05, 3.63) is 35.9 Å². The second-order valence-electron chi connectivity index (χ2n) is 4.37. The molecule has 0 saturated carbocycles. The highest BCUT2D eigenvalue weighted by Gasteiger charge is 2.11. The predicted molar refractivity (Wildman–Crippen MR) is 68.4 cm³/mol. The topological polar surface area (TPSA) is 32.3 Å². The van der Waals surface area contributed by atoms with Gasteiger partial charge in [0.05, 0.1) is 6.10 Å². The van der Waals surface area contributed by atoms with Gasteiger partial charge in [-0.15, -0.1) is 0 Å². The van der Waals surface area contributed by atoms with Gasteiger partial charge in [-0.3, -0.25) is 0 Å². The lowest BCUT2D eigenvalue weighted by Gasteiger charge is -2.18. The number of rotatable bonds is 7. The molecule has 2 heteroatoms. The van der Waals surface area contributed by atoms with E-state index < -0.39 is 0 Å². The van der Waals surface area contributed by atoms with Gasteiger partial charge in [-0.2, -0.15) is 0 Å². The van der Waals surface area contributed by atoms with Crippen molar-refractivity contribution < 1.29 is 5.11 Å². The molecule has 0 saturated heterocycles. The van der Waals surface area contributed by atoms with Crippen molar-refractivity contribution >= 4 is 0 Å². The second kappa shape index (κ2) is 7.42. The van der Waals surface area contributed by atoms with Gasteiger partial charge >= 0.3 is 0 Å². The molecule has 0 amide bonds. The van der Waals surface area contributed by atoms with E-state index in [-0.39, 0.29) is 6.10 Å². The van der Waals surface area contributed by atoms with Crippen LogP contribution < -0.4 is 5.32 Å². The van der Waals surface area contributed by atoms with Crippen molar-refractivity contribution in [1.29, 1.82) is 0 Å². The Morgan fingerprint density at radius 2 is 1.94 bits per heavy atom. The maximum atomic E-state index is 10.0. The standard InChI is InChI=1S/C14H23NO/c1-3-4-10-15-12(2)11-14(16)13-8-6-5-7-9-13/h5-9,12,14-16H,3-4,10-11H2,1-2H3. The lowest BCUT2D eigenvalue weighted by molar-refractivity contribution is 0.154. The summed E-state index contributed by atoms with van der Waals surface area (Å²) in [6.07, 6.45) is 2.82. The average molecular weight is 221 g/mol. The minimum atomic E-state index is -0.356. The van der Waals surface area contributed by atoms with Crippen LogP contribution in [0, 0.1) is 0 Å². The fourth-order valence-corrected chi connectivity index (χ4v) is 1.75. The van der Waals surface area contributed by atoms with Crippen LogP contribution in [0.1, 0.15) is 44.8 Å². The number of benzene rings is 1. The molecule has 0 aromatic heterocycles. The molecule has 0 aliphatic heterocycles. The van der Waals surface area contributed by atoms with Crippen molar-refractivity contribution in [2.45, 2.75) is 45.3 Å². The molecule has 2 N–H and O–H groups in total. The van der Waals surface area contributed by atoms with Crippen LogP contribution in [-0.2, 0) is 0 Å². The fraction of sp³-hybridized carbons (Fsp3) is 0.571. The van der Waals surface area contributed by atoms with Crippen LogP contribution in [0.5, 0.6) is 0 Å². The highest BCUT2D eigenvalue weighted by molar-refractivity contribution is 5.17. The summed E-state index contributed by atoms with van der Waals surface area (Å²) in [5, 5.41) is 13.4. The summed E-state index contributed by atoms with van der Waals surface area (Å²) in [4.78, 5) is 0. The molecule has 0 heterocycles. The zero-order valence-electron chi connectivity index (χ0n) is 10.3. The van der Waals surface area contributed by atoms with Gasteiger partial charge in [0.25, 0.3) is 0 Å². The Bertz CT molecular complexity index is 273. The van der Waals surface area contributed by atoms with E-state index in [2.05, 4.69) is 19.2 Å².